The van der Waals surface area contributed by atoms with Gasteiger partial charge in [-0.3, -0.25) is 4.79 Å². The van der Waals surface area contributed by atoms with Gasteiger partial charge in [0.1, 0.15) is 23.0 Å². The van der Waals surface area contributed by atoms with E-state index in [1.165, 1.54) is 31.0 Å². The highest BCUT2D eigenvalue weighted by Crippen LogP contribution is 2.34. The number of nitrogens with one attached hydrogen (secondary N) is 1. The van der Waals surface area contributed by atoms with E-state index in [0.717, 1.165) is 29.9 Å². The number of rotatable bonds is 4. The Labute approximate surface area is 181 Å². The summed E-state index contributed by atoms with van der Waals surface area (Å²) in [5.74, 6) is 0.609. The Balaban J connectivity index is 1.57. The zero-order chi connectivity index (χ0) is 21.1. The molecule has 0 saturated heterocycles. The van der Waals surface area contributed by atoms with Gasteiger partial charge in [-0.15, -0.1) is 0 Å². The number of amides is 2. The topological polar surface area (TPSA) is 58.4 Å². The smallest absolute Gasteiger partial charge is 0.425 e. The highest BCUT2D eigenvalue weighted by Gasteiger charge is 2.38. The lowest BCUT2D eigenvalue weighted by Gasteiger charge is -2.24. The molecule has 0 aromatic heterocycles. The predicted octanol–water partition coefficient (Wildman–Crippen LogP) is 3.71. The van der Waals surface area contributed by atoms with Crippen LogP contribution < -0.4 is 10.1 Å². The molecule has 1 aromatic rings. The van der Waals surface area contributed by atoms with Crippen molar-refractivity contribution in [3.8, 4) is 5.75 Å². The molecule has 1 unspecified atom stereocenters. The fourth-order valence-corrected chi connectivity index (χ4v) is 5.33. The van der Waals surface area contributed by atoms with Crippen molar-refractivity contribution in [2.45, 2.75) is 43.4 Å². The van der Waals surface area contributed by atoms with Gasteiger partial charge in [-0.2, -0.15) is 4.58 Å². The van der Waals surface area contributed by atoms with Crippen LogP contribution in [0.4, 0.5) is 0 Å². The SMILES string of the molecule is COc1ccccc1/C=C1/SC2C=CC(C(=O)NC3CCCCC3)=CC2=[N+](C)C1=O. The summed E-state index contributed by atoms with van der Waals surface area (Å²) in [6, 6.07) is 7.91. The largest absolute Gasteiger partial charge is 0.496 e. The molecule has 5 nitrogen and oxygen atoms in total. The third-order valence-corrected chi connectivity index (χ3v) is 7.03. The summed E-state index contributed by atoms with van der Waals surface area (Å²) in [4.78, 5) is 26.4. The summed E-state index contributed by atoms with van der Waals surface area (Å²) in [6.45, 7) is 0. The molecule has 0 spiro atoms. The summed E-state index contributed by atoms with van der Waals surface area (Å²) in [7, 11) is 3.40. The van der Waals surface area contributed by atoms with Crippen LogP contribution in [0.2, 0.25) is 0 Å². The molecule has 1 saturated carbocycles. The number of ether oxygens (including phenoxy) is 1. The van der Waals surface area contributed by atoms with E-state index in [-0.39, 0.29) is 23.1 Å². The minimum absolute atomic E-state index is 0.000104. The first-order valence-corrected chi connectivity index (χ1v) is 11.3. The summed E-state index contributed by atoms with van der Waals surface area (Å²) in [5.41, 5.74) is 2.33. The lowest BCUT2D eigenvalue weighted by atomic mass is 9.95. The van der Waals surface area contributed by atoms with Crippen LogP contribution in [0.3, 0.4) is 0 Å². The van der Waals surface area contributed by atoms with Crippen LogP contribution in [0, 0.1) is 0 Å². The zero-order valence-electron chi connectivity index (χ0n) is 17.4. The van der Waals surface area contributed by atoms with Gasteiger partial charge in [0.2, 0.25) is 5.71 Å². The Morgan fingerprint density at radius 3 is 2.77 bits per heavy atom. The standard InChI is InChI=1S/C24H26N2O3S/c1-26-19-14-17(23(27)25-18-9-4-3-5-10-18)12-13-21(19)30-22(24(26)28)15-16-8-6-7-11-20(16)29-2/h6-8,11-15,18,21H,3-5,9-10H2,1-2H3/p+1/b22-15+. The number of fused-ring (bicyclic) bond motifs is 1. The minimum Gasteiger partial charge on any atom is -0.496 e. The Morgan fingerprint density at radius 2 is 2.00 bits per heavy atom. The van der Waals surface area contributed by atoms with Crippen molar-refractivity contribution in [3.05, 3.63) is 58.5 Å². The maximum Gasteiger partial charge on any atom is 0.425 e. The zero-order valence-corrected chi connectivity index (χ0v) is 18.2. The van der Waals surface area contributed by atoms with Gasteiger partial charge < -0.3 is 10.1 Å². The average Bonchev–Trinajstić information content (AvgIpc) is 2.78. The number of para-hydroxylation sites is 1. The van der Waals surface area contributed by atoms with Crippen LogP contribution in [-0.2, 0) is 9.59 Å². The van der Waals surface area contributed by atoms with Gasteiger partial charge in [0.05, 0.1) is 7.11 Å². The normalized spacial score (nSPS) is 23.3. The van der Waals surface area contributed by atoms with Crippen LogP contribution in [0.1, 0.15) is 37.7 Å². The molecule has 1 N–H and O–H groups in total. The van der Waals surface area contributed by atoms with Crippen LogP contribution in [0.5, 0.6) is 5.75 Å². The van der Waals surface area contributed by atoms with Crippen molar-refractivity contribution in [1.82, 2.24) is 5.32 Å². The molecule has 1 heterocycles. The molecule has 1 aliphatic heterocycles. The van der Waals surface area contributed by atoms with Gasteiger partial charge in [0.15, 0.2) is 0 Å². The van der Waals surface area contributed by atoms with Crippen molar-refractivity contribution in [1.29, 1.82) is 0 Å². The van der Waals surface area contributed by atoms with E-state index >= 15 is 0 Å². The van der Waals surface area contributed by atoms with Gasteiger partial charge >= 0.3 is 5.91 Å². The number of hydrogen-bond donors (Lipinski definition) is 1. The number of thioether (sulfide) groups is 1. The second-order valence-corrected chi connectivity index (χ2v) is 9.03. The molecule has 2 aliphatic carbocycles. The Kier molecular flexibility index (Phi) is 6.23. The fraction of sp³-hybridized carbons (Fsp3) is 0.375. The Morgan fingerprint density at radius 1 is 1.23 bits per heavy atom. The quantitative estimate of drug-likeness (QED) is 0.593. The highest BCUT2D eigenvalue weighted by atomic mass is 32.2. The molecular formula is C24H27N2O3S+. The molecule has 4 rings (SSSR count). The third kappa shape index (κ3) is 4.29. The average molecular weight is 424 g/mol. The first kappa shape index (κ1) is 20.7. The number of methoxy groups -OCH3 is 1. The molecule has 1 aromatic carbocycles. The van der Waals surface area contributed by atoms with Gasteiger partial charge in [0, 0.05) is 23.3 Å². The second-order valence-electron chi connectivity index (χ2n) is 7.85. The number of hydrogen-bond acceptors (Lipinski definition) is 4. The Hall–Kier alpha value is -2.60. The number of allylic oxidation sites excluding steroid dienone is 1. The maximum atomic E-state index is 13.0. The summed E-state index contributed by atoms with van der Waals surface area (Å²) < 4.78 is 7.06. The molecule has 0 radical (unpaired) electrons. The van der Waals surface area contributed by atoms with E-state index in [1.54, 1.807) is 18.7 Å². The molecule has 1 atom stereocenters. The van der Waals surface area contributed by atoms with Gasteiger partial charge in [-0.25, -0.2) is 4.79 Å². The number of likely N-dealkylation sites (N-methyl/N-ethyl adjacent to an activating group) is 1. The van der Waals surface area contributed by atoms with Gasteiger partial charge in [0.25, 0.3) is 5.91 Å². The number of carbonyl (C=O) groups excluding carboxylic acids is 2. The van der Waals surface area contributed by atoms with Crippen LogP contribution in [0.15, 0.2) is 53.0 Å². The Bertz CT molecular complexity index is 984. The van der Waals surface area contributed by atoms with Crippen LogP contribution >= 0.6 is 11.8 Å². The minimum atomic E-state index is -0.0734. The summed E-state index contributed by atoms with van der Waals surface area (Å²) in [6.07, 6.45) is 13.3. The molecule has 156 valence electrons. The maximum absolute atomic E-state index is 13.0. The molecule has 1 fully saturated rings. The molecule has 3 aliphatic rings. The van der Waals surface area contributed by atoms with Crippen molar-refractivity contribution in [2.75, 3.05) is 14.2 Å². The van der Waals surface area contributed by atoms with Gasteiger partial charge in [-0.05, 0) is 25.0 Å². The number of nitrogens with zero attached hydrogens (tertiary/aromatic N) is 1. The van der Waals surface area contributed by atoms with Crippen LogP contribution in [-0.4, -0.2) is 47.6 Å². The van der Waals surface area contributed by atoms with E-state index in [0.29, 0.717) is 10.5 Å². The highest BCUT2D eigenvalue weighted by molar-refractivity contribution is 8.05. The van der Waals surface area contributed by atoms with Crippen molar-refractivity contribution in [3.63, 3.8) is 0 Å². The molecule has 0 bridgehead atoms. The van der Waals surface area contributed by atoms with E-state index in [9.17, 15) is 9.59 Å². The summed E-state index contributed by atoms with van der Waals surface area (Å²) in [5, 5.41) is 3.16. The van der Waals surface area contributed by atoms with Gasteiger partial charge in [-0.1, -0.05) is 61.4 Å². The second kappa shape index (κ2) is 9.04. The number of benzene rings is 1. The van der Waals surface area contributed by atoms with E-state index in [4.69, 9.17) is 4.74 Å². The lowest BCUT2D eigenvalue weighted by molar-refractivity contribution is -0.413. The summed E-state index contributed by atoms with van der Waals surface area (Å²) >= 11 is 1.50. The molecule has 30 heavy (non-hydrogen) atoms. The molecule has 6 heteroatoms. The predicted molar refractivity (Wildman–Crippen MR) is 121 cm³/mol. The molecular weight excluding hydrogens is 396 g/mol. The first-order valence-electron chi connectivity index (χ1n) is 10.4. The van der Waals surface area contributed by atoms with Crippen molar-refractivity contribution < 1.29 is 18.9 Å². The van der Waals surface area contributed by atoms with E-state index < -0.39 is 0 Å². The lowest BCUT2D eigenvalue weighted by Crippen LogP contribution is -2.40. The third-order valence-electron chi connectivity index (χ3n) is 5.83. The van der Waals surface area contributed by atoms with E-state index in [1.807, 2.05) is 48.6 Å². The first-order chi connectivity index (χ1) is 14.6. The van der Waals surface area contributed by atoms with Crippen molar-refractivity contribution in [2.24, 2.45) is 0 Å². The van der Waals surface area contributed by atoms with E-state index in [2.05, 4.69) is 5.32 Å². The van der Waals surface area contributed by atoms with Crippen molar-refractivity contribution >= 4 is 35.4 Å². The fourth-order valence-electron chi connectivity index (χ4n) is 4.12. The van der Waals surface area contributed by atoms with Crippen LogP contribution in [0.25, 0.3) is 6.08 Å². The molecule has 2 amide bonds. The monoisotopic (exact) mass is 423 g/mol. The number of carbonyl (C=O) groups is 2.